The number of hydrogen-bond acceptors (Lipinski definition) is 2. The van der Waals surface area contributed by atoms with Gasteiger partial charge in [0.15, 0.2) is 17.4 Å². The number of phenols is 1. The predicted molar refractivity (Wildman–Crippen MR) is 46.6 cm³/mol. The number of halogens is 2. The fourth-order valence-electron chi connectivity index (χ4n) is 1.63. The van der Waals surface area contributed by atoms with Crippen LogP contribution >= 0.6 is 0 Å². The van der Waals surface area contributed by atoms with Crippen LogP contribution in [0.1, 0.15) is 18.4 Å². The third kappa shape index (κ3) is 1.26. The van der Waals surface area contributed by atoms with Crippen molar-refractivity contribution >= 4 is 5.97 Å². The van der Waals surface area contributed by atoms with Gasteiger partial charge in [0.1, 0.15) is 0 Å². The van der Waals surface area contributed by atoms with Gasteiger partial charge in [-0.15, -0.1) is 0 Å². The first-order valence-electron chi connectivity index (χ1n) is 4.40. The van der Waals surface area contributed by atoms with Crippen LogP contribution in [-0.4, -0.2) is 16.2 Å². The van der Waals surface area contributed by atoms with Crippen LogP contribution < -0.4 is 0 Å². The number of phenolic OH excluding ortho intramolecular Hbond substituents is 1. The van der Waals surface area contributed by atoms with Gasteiger partial charge in [-0.2, -0.15) is 0 Å². The van der Waals surface area contributed by atoms with E-state index in [0.29, 0.717) is 12.8 Å². The minimum absolute atomic E-state index is 0.145. The average molecular weight is 214 g/mol. The van der Waals surface area contributed by atoms with Crippen LogP contribution in [0, 0.1) is 11.6 Å². The summed E-state index contributed by atoms with van der Waals surface area (Å²) in [5, 5.41) is 17.9. The summed E-state index contributed by atoms with van der Waals surface area (Å²) in [5.74, 6) is -4.51. The molecule has 1 aromatic rings. The molecule has 3 nitrogen and oxygen atoms in total. The van der Waals surface area contributed by atoms with E-state index in [2.05, 4.69) is 0 Å². The molecule has 0 radical (unpaired) electrons. The summed E-state index contributed by atoms with van der Waals surface area (Å²) in [6, 6.07) is 1.95. The van der Waals surface area contributed by atoms with Gasteiger partial charge in [0.25, 0.3) is 0 Å². The van der Waals surface area contributed by atoms with E-state index < -0.39 is 28.8 Å². The van der Waals surface area contributed by atoms with E-state index in [9.17, 15) is 13.6 Å². The van der Waals surface area contributed by atoms with Crippen LogP contribution in [0.5, 0.6) is 5.75 Å². The molecule has 0 aromatic heterocycles. The maximum Gasteiger partial charge on any atom is 0.314 e. The number of carboxylic acid groups (broad SMARTS) is 1. The molecular weight excluding hydrogens is 206 g/mol. The van der Waals surface area contributed by atoms with E-state index in [1.54, 1.807) is 0 Å². The Morgan fingerprint density at radius 3 is 2.40 bits per heavy atom. The molecule has 0 amide bonds. The number of benzene rings is 1. The molecule has 1 aliphatic rings. The molecule has 2 rings (SSSR count). The van der Waals surface area contributed by atoms with E-state index in [1.165, 1.54) is 0 Å². The van der Waals surface area contributed by atoms with Crippen molar-refractivity contribution in [3.8, 4) is 5.75 Å². The highest BCUT2D eigenvalue weighted by atomic mass is 19.1. The monoisotopic (exact) mass is 214 g/mol. The van der Waals surface area contributed by atoms with Gasteiger partial charge in [-0.3, -0.25) is 4.79 Å². The predicted octanol–water partition coefficient (Wildman–Crippen LogP) is 1.79. The first-order valence-corrected chi connectivity index (χ1v) is 4.40. The van der Waals surface area contributed by atoms with E-state index >= 15 is 0 Å². The number of aromatic hydroxyl groups is 1. The molecule has 0 unspecified atom stereocenters. The lowest BCUT2D eigenvalue weighted by molar-refractivity contribution is -0.140. The summed E-state index contributed by atoms with van der Waals surface area (Å²) in [7, 11) is 0. The third-order valence-electron chi connectivity index (χ3n) is 2.74. The van der Waals surface area contributed by atoms with Crippen molar-refractivity contribution in [3.05, 3.63) is 29.3 Å². The van der Waals surface area contributed by atoms with E-state index in [-0.39, 0.29) is 5.56 Å². The average Bonchev–Trinajstić information content (AvgIpc) is 2.95. The fraction of sp³-hybridized carbons (Fsp3) is 0.300. The van der Waals surface area contributed by atoms with Crippen LogP contribution in [0.4, 0.5) is 8.78 Å². The Hall–Kier alpha value is -1.65. The molecule has 15 heavy (non-hydrogen) atoms. The number of carbonyl (C=O) groups is 1. The lowest BCUT2D eigenvalue weighted by Gasteiger charge is -2.12. The fourth-order valence-corrected chi connectivity index (χ4v) is 1.63. The second-order valence-electron chi connectivity index (χ2n) is 3.64. The Morgan fingerprint density at radius 2 is 1.93 bits per heavy atom. The van der Waals surface area contributed by atoms with Gasteiger partial charge >= 0.3 is 5.97 Å². The van der Waals surface area contributed by atoms with Crippen molar-refractivity contribution in [2.45, 2.75) is 18.3 Å². The zero-order valence-corrected chi connectivity index (χ0v) is 7.63. The summed E-state index contributed by atoms with van der Waals surface area (Å²) in [6.07, 6.45) is 0.620. The summed E-state index contributed by atoms with van der Waals surface area (Å²) >= 11 is 0. The summed E-state index contributed by atoms with van der Waals surface area (Å²) in [6.45, 7) is 0. The topological polar surface area (TPSA) is 57.5 Å². The van der Waals surface area contributed by atoms with Gasteiger partial charge in [0.2, 0.25) is 0 Å². The van der Waals surface area contributed by atoms with Crippen LogP contribution in [0.2, 0.25) is 0 Å². The van der Waals surface area contributed by atoms with Gasteiger partial charge in [-0.1, -0.05) is 6.07 Å². The van der Waals surface area contributed by atoms with E-state index in [4.69, 9.17) is 10.2 Å². The van der Waals surface area contributed by atoms with Gasteiger partial charge in [-0.05, 0) is 18.9 Å². The Morgan fingerprint density at radius 1 is 1.33 bits per heavy atom. The lowest BCUT2D eigenvalue weighted by atomic mass is 9.95. The first kappa shape index (κ1) is 9.89. The van der Waals surface area contributed by atoms with Crippen molar-refractivity contribution in [2.75, 3.05) is 0 Å². The van der Waals surface area contributed by atoms with Crippen molar-refractivity contribution in [1.82, 2.24) is 0 Å². The SMILES string of the molecule is O=C(O)C1(c2ccc(F)c(O)c2F)CC1. The van der Waals surface area contributed by atoms with Crippen molar-refractivity contribution in [1.29, 1.82) is 0 Å². The third-order valence-corrected chi connectivity index (χ3v) is 2.74. The minimum Gasteiger partial charge on any atom is -0.503 e. The summed E-state index contributed by atoms with van der Waals surface area (Å²) in [4.78, 5) is 10.9. The highest BCUT2D eigenvalue weighted by Crippen LogP contribution is 2.50. The Bertz CT molecular complexity index is 439. The van der Waals surface area contributed by atoms with Gasteiger partial charge < -0.3 is 10.2 Å². The molecule has 0 spiro atoms. The summed E-state index contributed by atoms with van der Waals surface area (Å²) < 4.78 is 26.1. The molecule has 80 valence electrons. The molecule has 0 atom stereocenters. The molecule has 0 heterocycles. The lowest BCUT2D eigenvalue weighted by Crippen LogP contribution is -2.21. The second kappa shape index (κ2) is 2.92. The zero-order valence-electron chi connectivity index (χ0n) is 7.63. The van der Waals surface area contributed by atoms with Crippen LogP contribution in [0.25, 0.3) is 0 Å². The number of aliphatic carboxylic acids is 1. The molecule has 0 bridgehead atoms. The first-order chi connectivity index (χ1) is 6.99. The zero-order chi connectivity index (χ0) is 11.2. The number of carboxylic acids is 1. The van der Waals surface area contributed by atoms with Crippen LogP contribution in [0.3, 0.4) is 0 Å². The normalized spacial score (nSPS) is 17.5. The van der Waals surface area contributed by atoms with Crippen LogP contribution in [-0.2, 0) is 10.2 Å². The van der Waals surface area contributed by atoms with E-state index in [0.717, 1.165) is 12.1 Å². The quantitative estimate of drug-likeness (QED) is 0.789. The molecule has 2 N–H and O–H groups in total. The van der Waals surface area contributed by atoms with Gasteiger partial charge in [-0.25, -0.2) is 8.78 Å². The van der Waals surface area contributed by atoms with Crippen molar-refractivity contribution in [3.63, 3.8) is 0 Å². The minimum atomic E-state index is -1.27. The largest absolute Gasteiger partial charge is 0.503 e. The number of hydrogen-bond donors (Lipinski definition) is 2. The Labute approximate surface area is 84.0 Å². The maximum absolute atomic E-state index is 13.4. The molecule has 0 aliphatic heterocycles. The summed E-state index contributed by atoms with van der Waals surface area (Å²) in [5.41, 5.74) is -1.41. The molecular formula is C10H8F2O3. The molecule has 1 aromatic carbocycles. The maximum atomic E-state index is 13.4. The standard InChI is InChI=1S/C10H8F2O3/c11-6-2-1-5(7(12)8(6)13)10(3-4-10)9(14)15/h1-2,13H,3-4H2,(H,14,15). The van der Waals surface area contributed by atoms with Crippen LogP contribution in [0.15, 0.2) is 12.1 Å². The van der Waals surface area contributed by atoms with Gasteiger partial charge in [0.05, 0.1) is 5.41 Å². The molecule has 0 saturated heterocycles. The van der Waals surface area contributed by atoms with Crippen molar-refractivity contribution < 1.29 is 23.8 Å². The number of rotatable bonds is 2. The molecule has 1 fully saturated rings. The highest BCUT2D eigenvalue weighted by Gasteiger charge is 2.53. The highest BCUT2D eigenvalue weighted by molar-refractivity contribution is 5.85. The van der Waals surface area contributed by atoms with Crippen molar-refractivity contribution in [2.24, 2.45) is 0 Å². The van der Waals surface area contributed by atoms with E-state index in [1.807, 2.05) is 0 Å². The van der Waals surface area contributed by atoms with Gasteiger partial charge in [0, 0.05) is 5.56 Å². The molecule has 1 saturated carbocycles. The second-order valence-corrected chi connectivity index (χ2v) is 3.64. The smallest absolute Gasteiger partial charge is 0.314 e. The Kier molecular flexibility index (Phi) is 1.92. The molecule has 1 aliphatic carbocycles. The molecule has 5 heteroatoms. The Balaban J connectivity index is 2.55.